The van der Waals surface area contributed by atoms with Gasteiger partial charge in [0.1, 0.15) is 22.5 Å². The highest BCUT2D eigenvalue weighted by molar-refractivity contribution is 9.10. The average Bonchev–Trinajstić information content (AvgIpc) is 3.47. The number of ether oxygens (including phenoxy) is 1. The number of piperidine rings is 1. The molecule has 38 heavy (non-hydrogen) atoms. The summed E-state index contributed by atoms with van der Waals surface area (Å²) in [6.07, 6.45) is 6.77. The number of halogens is 2. The van der Waals surface area contributed by atoms with Gasteiger partial charge in [0.05, 0.1) is 10.5 Å². The molecule has 8 nitrogen and oxygen atoms in total. The molecule has 0 saturated carbocycles. The van der Waals surface area contributed by atoms with E-state index in [0.717, 1.165) is 50.0 Å². The molecule has 2 aliphatic heterocycles. The first kappa shape index (κ1) is 26.2. The van der Waals surface area contributed by atoms with E-state index in [-0.39, 0.29) is 0 Å². The standard InChI is InChI=1S/C27H35BrClN7OSi/c1-16-12-17-6-7-18(13-16)36(17)27-25(28)30-24-23(19-8-9-21-20(22(19)29)14-34(2)32-21)33-35(26(24)31-27)15-37-10-11-38(3,4)5/h8-9,14,16-18H,6-7,10-13,15H2,1-5H3/t16?,17-,18+. The predicted octanol–water partition coefficient (Wildman–Crippen LogP) is 6.88. The fourth-order valence-corrected chi connectivity index (χ4v) is 7.60. The van der Waals surface area contributed by atoms with Crippen LogP contribution in [0.2, 0.25) is 30.7 Å². The van der Waals surface area contributed by atoms with Crippen molar-refractivity contribution in [3.8, 4) is 11.3 Å². The Kier molecular flexibility index (Phi) is 6.81. The number of fused-ring (bicyclic) bond motifs is 4. The van der Waals surface area contributed by atoms with Gasteiger partial charge in [-0.2, -0.15) is 10.2 Å². The summed E-state index contributed by atoms with van der Waals surface area (Å²) in [4.78, 5) is 12.8. The SMILES string of the molecule is CC1C[C@H]2CC[C@@H](C1)N2c1nc2c(nc1Br)c(-c1ccc3nn(C)cc3c1Cl)nn2COCC[Si](C)(C)C. The van der Waals surface area contributed by atoms with Gasteiger partial charge in [-0.15, -0.1) is 0 Å². The quantitative estimate of drug-likeness (QED) is 0.167. The maximum atomic E-state index is 6.93. The monoisotopic (exact) mass is 615 g/mol. The fraction of sp³-hybridized carbons (Fsp3) is 0.556. The average molecular weight is 617 g/mol. The molecule has 5 heterocycles. The Hall–Kier alpha value is -2.01. The largest absolute Gasteiger partial charge is 0.359 e. The van der Waals surface area contributed by atoms with Crippen molar-refractivity contribution in [3.05, 3.63) is 28.0 Å². The number of benzene rings is 1. The summed E-state index contributed by atoms with van der Waals surface area (Å²) in [7, 11) is 0.697. The van der Waals surface area contributed by atoms with Crippen molar-refractivity contribution in [2.24, 2.45) is 13.0 Å². The lowest BCUT2D eigenvalue weighted by Crippen LogP contribution is -2.43. The number of aromatic nitrogens is 6. The summed E-state index contributed by atoms with van der Waals surface area (Å²) >= 11 is 10.7. The van der Waals surface area contributed by atoms with Gasteiger partial charge in [0.25, 0.3) is 0 Å². The van der Waals surface area contributed by atoms with Gasteiger partial charge in [-0.05, 0) is 65.7 Å². The van der Waals surface area contributed by atoms with Crippen LogP contribution in [0.25, 0.3) is 33.3 Å². The van der Waals surface area contributed by atoms with Crippen LogP contribution in [0.4, 0.5) is 5.82 Å². The molecule has 2 fully saturated rings. The molecule has 0 amide bonds. The highest BCUT2D eigenvalue weighted by atomic mass is 79.9. The number of aryl methyl sites for hydroxylation is 1. The first-order valence-electron chi connectivity index (χ1n) is 13.5. The first-order valence-corrected chi connectivity index (χ1v) is 18.4. The van der Waals surface area contributed by atoms with Crippen LogP contribution in [0.1, 0.15) is 32.6 Å². The molecule has 2 aliphatic rings. The topological polar surface area (TPSA) is 73.9 Å². The highest BCUT2D eigenvalue weighted by Crippen LogP contribution is 2.44. The number of hydrogen-bond donors (Lipinski definition) is 0. The van der Waals surface area contributed by atoms with E-state index in [0.29, 0.717) is 36.1 Å². The van der Waals surface area contributed by atoms with Crippen molar-refractivity contribution in [1.82, 2.24) is 29.5 Å². The molecule has 0 radical (unpaired) electrons. The van der Waals surface area contributed by atoms with Gasteiger partial charge in [-0.3, -0.25) is 4.68 Å². The van der Waals surface area contributed by atoms with E-state index in [1.54, 1.807) is 4.68 Å². The first-order chi connectivity index (χ1) is 18.1. The Bertz CT molecular complexity index is 1500. The van der Waals surface area contributed by atoms with Crippen LogP contribution in [0.3, 0.4) is 0 Å². The van der Waals surface area contributed by atoms with E-state index in [2.05, 4.69) is 52.5 Å². The second-order valence-electron chi connectivity index (χ2n) is 12.2. The van der Waals surface area contributed by atoms with Crippen LogP contribution in [-0.2, 0) is 18.5 Å². The summed E-state index contributed by atoms with van der Waals surface area (Å²) in [6, 6.07) is 6.08. The van der Waals surface area contributed by atoms with E-state index in [9.17, 15) is 0 Å². The molecule has 6 rings (SSSR count). The number of hydrogen-bond acceptors (Lipinski definition) is 6. The number of rotatable bonds is 7. The minimum atomic E-state index is -1.20. The second-order valence-corrected chi connectivity index (χ2v) is 19.0. The Morgan fingerprint density at radius 2 is 1.84 bits per heavy atom. The lowest BCUT2D eigenvalue weighted by molar-refractivity contribution is 0.0814. The fourth-order valence-electron chi connectivity index (χ4n) is 6.07. The van der Waals surface area contributed by atoms with Crippen molar-refractivity contribution in [2.75, 3.05) is 11.5 Å². The van der Waals surface area contributed by atoms with E-state index >= 15 is 0 Å². The molecule has 3 aromatic heterocycles. The summed E-state index contributed by atoms with van der Waals surface area (Å²) in [5, 5.41) is 11.0. The van der Waals surface area contributed by atoms with Gasteiger partial charge >= 0.3 is 0 Å². The number of nitrogens with zero attached hydrogens (tertiary/aromatic N) is 7. The predicted molar refractivity (Wildman–Crippen MR) is 160 cm³/mol. The van der Waals surface area contributed by atoms with Crippen molar-refractivity contribution >= 4 is 63.5 Å². The van der Waals surface area contributed by atoms with Crippen LogP contribution in [0, 0.1) is 5.92 Å². The molecular formula is C27H35BrClN7OSi. The molecule has 2 saturated heterocycles. The van der Waals surface area contributed by atoms with Crippen molar-refractivity contribution in [3.63, 3.8) is 0 Å². The van der Waals surface area contributed by atoms with Gasteiger partial charge in [-0.1, -0.05) is 38.2 Å². The third-order valence-corrected chi connectivity index (χ3v) is 10.6. The van der Waals surface area contributed by atoms with Crippen molar-refractivity contribution in [1.29, 1.82) is 0 Å². The molecule has 4 aromatic rings. The van der Waals surface area contributed by atoms with E-state index < -0.39 is 8.07 Å². The van der Waals surface area contributed by atoms with Crippen LogP contribution in [0.5, 0.6) is 0 Å². The molecular weight excluding hydrogens is 582 g/mol. The molecule has 0 spiro atoms. The molecule has 0 aliphatic carbocycles. The minimum absolute atomic E-state index is 0.327. The molecule has 11 heteroatoms. The Balaban J connectivity index is 1.45. The van der Waals surface area contributed by atoms with Gasteiger partial charge in [0.15, 0.2) is 11.5 Å². The van der Waals surface area contributed by atoms with Crippen LogP contribution < -0.4 is 4.90 Å². The summed E-state index contributed by atoms with van der Waals surface area (Å²) in [5.74, 6) is 1.67. The highest BCUT2D eigenvalue weighted by Gasteiger charge is 2.41. The molecule has 1 aromatic carbocycles. The van der Waals surface area contributed by atoms with Gasteiger partial charge < -0.3 is 9.64 Å². The minimum Gasteiger partial charge on any atom is -0.359 e. The normalized spacial score (nSPS) is 21.8. The zero-order chi connectivity index (χ0) is 26.8. The van der Waals surface area contributed by atoms with E-state index in [1.165, 1.54) is 25.7 Å². The number of anilines is 1. The van der Waals surface area contributed by atoms with Crippen molar-refractivity contribution < 1.29 is 4.74 Å². The molecule has 1 unspecified atom stereocenters. The third kappa shape index (κ3) is 4.78. The summed E-state index contributed by atoms with van der Waals surface area (Å²) < 4.78 is 10.5. The van der Waals surface area contributed by atoms with Crippen LogP contribution in [-0.4, -0.2) is 56.3 Å². The third-order valence-electron chi connectivity index (χ3n) is 7.92. The van der Waals surface area contributed by atoms with Crippen molar-refractivity contribution in [2.45, 2.75) is 77.1 Å². The van der Waals surface area contributed by atoms with Crippen LogP contribution in [0.15, 0.2) is 22.9 Å². The molecule has 3 atom stereocenters. The van der Waals surface area contributed by atoms with E-state index in [4.69, 9.17) is 31.4 Å². The zero-order valence-corrected chi connectivity index (χ0v) is 26.1. The second kappa shape index (κ2) is 9.87. The van der Waals surface area contributed by atoms with Gasteiger partial charge in [0.2, 0.25) is 0 Å². The Morgan fingerprint density at radius 1 is 1.11 bits per heavy atom. The van der Waals surface area contributed by atoms with Gasteiger partial charge in [0, 0.05) is 51.0 Å². The van der Waals surface area contributed by atoms with Gasteiger partial charge in [-0.25, -0.2) is 14.6 Å². The van der Waals surface area contributed by atoms with E-state index in [1.807, 2.05) is 30.1 Å². The lowest BCUT2D eigenvalue weighted by atomic mass is 9.92. The molecule has 202 valence electrons. The maximum Gasteiger partial charge on any atom is 0.181 e. The summed E-state index contributed by atoms with van der Waals surface area (Å²) in [5.41, 5.74) is 3.83. The summed E-state index contributed by atoms with van der Waals surface area (Å²) in [6.45, 7) is 10.5. The zero-order valence-electron chi connectivity index (χ0n) is 22.7. The smallest absolute Gasteiger partial charge is 0.181 e. The van der Waals surface area contributed by atoms with Crippen LogP contribution >= 0.6 is 27.5 Å². The Morgan fingerprint density at radius 3 is 2.55 bits per heavy atom. The Labute approximate surface area is 237 Å². The molecule has 0 N–H and O–H groups in total. The molecule has 2 bridgehead atoms. The lowest BCUT2D eigenvalue weighted by Gasteiger charge is -2.38. The maximum absolute atomic E-state index is 6.93.